The minimum Gasteiger partial charge on any atom is -0.495 e. The second-order valence-electron chi connectivity index (χ2n) is 6.96. The third kappa shape index (κ3) is 3.15. The van der Waals surface area contributed by atoms with Gasteiger partial charge in [-0.3, -0.25) is 4.79 Å². The molecule has 0 unspecified atom stereocenters. The summed E-state index contributed by atoms with van der Waals surface area (Å²) in [5.74, 6) is 1.17. The Morgan fingerprint density at radius 1 is 1.30 bits per heavy atom. The first kappa shape index (κ1) is 16.1. The maximum atomic E-state index is 12.7. The molecule has 5 nitrogen and oxygen atoms in total. The standard InChI is InChI=1S/C18H26N2O3/c1-18(2)13-19(17(21)14-8-11-23-12-14)9-10-20(18)15-6-4-5-7-16(15)22-3/h4-7,14H,8-13H2,1-3H3/t14-/m1/s1. The third-order valence-electron chi connectivity index (χ3n) is 4.87. The smallest absolute Gasteiger partial charge is 0.228 e. The van der Waals surface area contributed by atoms with Crippen LogP contribution in [-0.2, 0) is 9.53 Å². The number of carbonyl (C=O) groups excluding carboxylic acids is 1. The summed E-state index contributed by atoms with van der Waals surface area (Å²) in [5, 5.41) is 0. The van der Waals surface area contributed by atoms with Crippen molar-refractivity contribution in [2.24, 2.45) is 5.92 Å². The van der Waals surface area contributed by atoms with E-state index in [1.807, 2.05) is 23.1 Å². The van der Waals surface area contributed by atoms with Gasteiger partial charge in [0.05, 0.1) is 30.9 Å². The summed E-state index contributed by atoms with van der Waals surface area (Å²) < 4.78 is 10.9. The normalized spacial score (nSPS) is 23.9. The second kappa shape index (κ2) is 6.40. The van der Waals surface area contributed by atoms with Crippen LogP contribution in [0.4, 0.5) is 5.69 Å². The zero-order valence-corrected chi connectivity index (χ0v) is 14.2. The number of benzene rings is 1. The predicted octanol–water partition coefficient (Wildman–Crippen LogP) is 2.16. The molecule has 0 radical (unpaired) electrons. The average Bonchev–Trinajstić information content (AvgIpc) is 3.07. The molecule has 2 saturated heterocycles. The fraction of sp³-hybridized carbons (Fsp3) is 0.611. The highest BCUT2D eigenvalue weighted by molar-refractivity contribution is 5.80. The lowest BCUT2D eigenvalue weighted by atomic mass is 9.96. The fourth-order valence-electron chi connectivity index (χ4n) is 3.63. The quantitative estimate of drug-likeness (QED) is 0.856. The van der Waals surface area contributed by atoms with Crippen LogP contribution < -0.4 is 9.64 Å². The van der Waals surface area contributed by atoms with Gasteiger partial charge in [0, 0.05) is 26.2 Å². The van der Waals surface area contributed by atoms with Crippen LogP contribution >= 0.6 is 0 Å². The highest BCUT2D eigenvalue weighted by Crippen LogP contribution is 2.35. The molecular formula is C18H26N2O3. The van der Waals surface area contributed by atoms with Gasteiger partial charge >= 0.3 is 0 Å². The Morgan fingerprint density at radius 3 is 2.74 bits per heavy atom. The van der Waals surface area contributed by atoms with Crippen LogP contribution in [0.5, 0.6) is 5.75 Å². The van der Waals surface area contributed by atoms with Gasteiger partial charge in [-0.25, -0.2) is 0 Å². The number of nitrogens with zero attached hydrogens (tertiary/aromatic N) is 2. The SMILES string of the molecule is COc1ccccc1N1CCN(C(=O)[C@@H]2CCOC2)CC1(C)C. The summed E-state index contributed by atoms with van der Waals surface area (Å²) in [6.45, 7) is 7.94. The number of hydrogen-bond acceptors (Lipinski definition) is 4. The summed E-state index contributed by atoms with van der Waals surface area (Å²) in [5.41, 5.74) is 0.957. The van der Waals surface area contributed by atoms with Gasteiger partial charge in [-0.2, -0.15) is 0 Å². The minimum atomic E-state index is -0.137. The van der Waals surface area contributed by atoms with Crippen LogP contribution in [-0.4, -0.2) is 56.3 Å². The third-order valence-corrected chi connectivity index (χ3v) is 4.87. The van der Waals surface area contributed by atoms with E-state index < -0.39 is 0 Å². The number of para-hydroxylation sites is 2. The van der Waals surface area contributed by atoms with Crippen LogP contribution in [0.15, 0.2) is 24.3 Å². The molecule has 2 heterocycles. The van der Waals surface area contributed by atoms with Crippen molar-refractivity contribution < 1.29 is 14.3 Å². The Kier molecular flexibility index (Phi) is 4.48. The van der Waals surface area contributed by atoms with Crippen LogP contribution in [0.2, 0.25) is 0 Å². The van der Waals surface area contributed by atoms with Gasteiger partial charge in [0.2, 0.25) is 5.91 Å². The molecule has 0 spiro atoms. The van der Waals surface area contributed by atoms with Gasteiger partial charge < -0.3 is 19.3 Å². The molecule has 2 fully saturated rings. The molecule has 2 aliphatic heterocycles. The maximum absolute atomic E-state index is 12.7. The van der Waals surface area contributed by atoms with Crippen molar-refractivity contribution in [3.63, 3.8) is 0 Å². The van der Waals surface area contributed by atoms with E-state index >= 15 is 0 Å². The number of carbonyl (C=O) groups is 1. The topological polar surface area (TPSA) is 42.0 Å². The van der Waals surface area contributed by atoms with E-state index in [2.05, 4.69) is 24.8 Å². The van der Waals surface area contributed by atoms with Crippen molar-refractivity contribution in [1.82, 2.24) is 4.90 Å². The van der Waals surface area contributed by atoms with Crippen LogP contribution in [0.25, 0.3) is 0 Å². The molecule has 1 aromatic rings. The Morgan fingerprint density at radius 2 is 2.09 bits per heavy atom. The average molecular weight is 318 g/mol. The molecule has 0 aliphatic carbocycles. The molecule has 1 atom stereocenters. The number of methoxy groups -OCH3 is 1. The predicted molar refractivity (Wildman–Crippen MR) is 89.9 cm³/mol. The van der Waals surface area contributed by atoms with E-state index in [-0.39, 0.29) is 17.4 Å². The first-order chi connectivity index (χ1) is 11.0. The molecule has 126 valence electrons. The lowest BCUT2D eigenvalue weighted by Gasteiger charge is -2.49. The lowest BCUT2D eigenvalue weighted by Crippen LogP contribution is -2.61. The zero-order chi connectivity index (χ0) is 16.4. The van der Waals surface area contributed by atoms with E-state index in [9.17, 15) is 4.79 Å². The van der Waals surface area contributed by atoms with Gasteiger partial charge in [-0.1, -0.05) is 12.1 Å². The molecule has 1 aromatic carbocycles. The van der Waals surface area contributed by atoms with E-state index in [4.69, 9.17) is 9.47 Å². The van der Waals surface area contributed by atoms with Gasteiger partial charge in [-0.15, -0.1) is 0 Å². The zero-order valence-electron chi connectivity index (χ0n) is 14.2. The van der Waals surface area contributed by atoms with Crippen molar-refractivity contribution in [2.45, 2.75) is 25.8 Å². The first-order valence-corrected chi connectivity index (χ1v) is 8.30. The minimum absolute atomic E-state index is 0.0450. The Balaban J connectivity index is 1.76. The van der Waals surface area contributed by atoms with Crippen molar-refractivity contribution in [3.05, 3.63) is 24.3 Å². The highest BCUT2D eigenvalue weighted by Gasteiger charge is 2.39. The summed E-state index contributed by atoms with van der Waals surface area (Å²) in [7, 11) is 1.70. The van der Waals surface area contributed by atoms with Crippen molar-refractivity contribution in [1.29, 1.82) is 0 Å². The number of anilines is 1. The van der Waals surface area contributed by atoms with Crippen molar-refractivity contribution in [2.75, 3.05) is 44.9 Å². The molecule has 1 amide bonds. The van der Waals surface area contributed by atoms with E-state index in [0.29, 0.717) is 13.2 Å². The van der Waals surface area contributed by atoms with Crippen molar-refractivity contribution in [3.8, 4) is 5.75 Å². The summed E-state index contributed by atoms with van der Waals surface area (Å²) in [6.07, 6.45) is 0.853. The molecule has 3 rings (SSSR count). The summed E-state index contributed by atoms with van der Waals surface area (Å²) in [6, 6.07) is 8.08. The Hall–Kier alpha value is -1.75. The van der Waals surface area contributed by atoms with E-state index in [0.717, 1.165) is 37.5 Å². The molecule has 5 heteroatoms. The van der Waals surface area contributed by atoms with E-state index in [1.54, 1.807) is 7.11 Å². The first-order valence-electron chi connectivity index (χ1n) is 8.30. The van der Waals surface area contributed by atoms with E-state index in [1.165, 1.54) is 0 Å². The van der Waals surface area contributed by atoms with Gasteiger partial charge in [0.25, 0.3) is 0 Å². The summed E-state index contributed by atoms with van der Waals surface area (Å²) >= 11 is 0. The maximum Gasteiger partial charge on any atom is 0.228 e. The number of piperazine rings is 1. The molecule has 0 saturated carbocycles. The van der Waals surface area contributed by atoms with Gasteiger partial charge in [-0.05, 0) is 32.4 Å². The number of amides is 1. The highest BCUT2D eigenvalue weighted by atomic mass is 16.5. The molecule has 23 heavy (non-hydrogen) atoms. The molecular weight excluding hydrogens is 292 g/mol. The Bertz CT molecular complexity index is 567. The van der Waals surface area contributed by atoms with Gasteiger partial charge in [0.15, 0.2) is 0 Å². The van der Waals surface area contributed by atoms with Crippen LogP contribution in [0, 0.1) is 5.92 Å². The van der Waals surface area contributed by atoms with Crippen LogP contribution in [0.1, 0.15) is 20.3 Å². The molecule has 0 bridgehead atoms. The summed E-state index contributed by atoms with van der Waals surface area (Å²) in [4.78, 5) is 17.0. The largest absolute Gasteiger partial charge is 0.495 e. The second-order valence-corrected chi connectivity index (χ2v) is 6.96. The monoisotopic (exact) mass is 318 g/mol. The lowest BCUT2D eigenvalue weighted by molar-refractivity contribution is -0.137. The van der Waals surface area contributed by atoms with Gasteiger partial charge in [0.1, 0.15) is 5.75 Å². The van der Waals surface area contributed by atoms with Crippen molar-refractivity contribution >= 4 is 11.6 Å². The number of hydrogen-bond donors (Lipinski definition) is 0. The fourth-order valence-corrected chi connectivity index (χ4v) is 3.63. The molecule has 0 aromatic heterocycles. The van der Waals surface area contributed by atoms with Crippen LogP contribution in [0.3, 0.4) is 0 Å². The Labute approximate surface area is 138 Å². The molecule has 2 aliphatic rings. The number of ether oxygens (including phenoxy) is 2. The molecule has 0 N–H and O–H groups in total. The number of rotatable bonds is 3.